The summed E-state index contributed by atoms with van der Waals surface area (Å²) in [5.74, 6) is 0.930. The lowest BCUT2D eigenvalue weighted by Crippen LogP contribution is -2.52. The molecule has 1 aliphatic rings. The number of rotatable bonds is 4. The van der Waals surface area contributed by atoms with Crippen LogP contribution < -0.4 is 10.1 Å². The third-order valence-electron chi connectivity index (χ3n) is 5.80. The number of nitrogens with zero attached hydrogens (tertiary/aromatic N) is 3. The van der Waals surface area contributed by atoms with E-state index in [2.05, 4.69) is 34.5 Å². The molecule has 0 saturated carbocycles. The van der Waals surface area contributed by atoms with Gasteiger partial charge in [0, 0.05) is 65.6 Å². The molecule has 30 heavy (non-hydrogen) atoms. The first kappa shape index (κ1) is 18.7. The number of pyridine rings is 1. The number of carbonyl (C=O) groups excluding carboxylic acids is 1. The van der Waals surface area contributed by atoms with Crippen LogP contribution in [0, 0.1) is 0 Å². The fraction of sp³-hybridized carbons (Fsp3) is 0.304. The van der Waals surface area contributed by atoms with E-state index in [9.17, 15) is 4.79 Å². The maximum atomic E-state index is 13.0. The van der Waals surface area contributed by atoms with Crippen molar-refractivity contribution >= 4 is 27.8 Å². The van der Waals surface area contributed by atoms with Crippen LogP contribution in [0.1, 0.15) is 6.92 Å². The minimum Gasteiger partial charge on any atom is -0.497 e. The Kier molecular flexibility index (Phi) is 4.67. The van der Waals surface area contributed by atoms with Gasteiger partial charge in [0.25, 0.3) is 0 Å². The highest BCUT2D eigenvalue weighted by Gasteiger charge is 2.22. The Morgan fingerprint density at radius 3 is 3.00 bits per heavy atom. The molecule has 1 fully saturated rings. The van der Waals surface area contributed by atoms with E-state index in [1.165, 1.54) is 0 Å². The van der Waals surface area contributed by atoms with Crippen molar-refractivity contribution in [3.8, 4) is 17.0 Å². The van der Waals surface area contributed by atoms with Gasteiger partial charge >= 0.3 is 0 Å². The van der Waals surface area contributed by atoms with Crippen molar-refractivity contribution in [3.05, 3.63) is 48.8 Å². The predicted octanol–water partition coefficient (Wildman–Crippen LogP) is 3.01. The Bertz CT molecular complexity index is 1190. The van der Waals surface area contributed by atoms with Gasteiger partial charge in [0.15, 0.2) is 0 Å². The van der Waals surface area contributed by atoms with Crippen molar-refractivity contribution in [2.45, 2.75) is 19.5 Å². The highest BCUT2D eigenvalue weighted by atomic mass is 16.5. The molecule has 5 rings (SSSR count). The molecule has 7 heteroatoms. The van der Waals surface area contributed by atoms with Gasteiger partial charge in [0.1, 0.15) is 17.9 Å². The van der Waals surface area contributed by atoms with Crippen LogP contribution in [-0.2, 0) is 11.3 Å². The number of methoxy groups -OCH3 is 1. The Morgan fingerprint density at radius 1 is 1.30 bits per heavy atom. The summed E-state index contributed by atoms with van der Waals surface area (Å²) in [6.45, 7) is 4.75. The van der Waals surface area contributed by atoms with Crippen LogP contribution >= 0.6 is 0 Å². The van der Waals surface area contributed by atoms with Crippen LogP contribution in [0.4, 0.5) is 0 Å². The number of hydrogen-bond acceptors (Lipinski definition) is 4. The number of aromatic amines is 1. The Hall–Kier alpha value is -3.32. The van der Waals surface area contributed by atoms with Crippen molar-refractivity contribution in [2.24, 2.45) is 0 Å². The molecule has 1 atom stereocenters. The average Bonchev–Trinajstić information content (AvgIpc) is 3.34. The minimum absolute atomic E-state index is 0.140. The second-order valence-corrected chi connectivity index (χ2v) is 7.87. The first-order chi connectivity index (χ1) is 14.6. The summed E-state index contributed by atoms with van der Waals surface area (Å²) >= 11 is 0. The summed E-state index contributed by atoms with van der Waals surface area (Å²) in [7, 11) is 1.67. The van der Waals surface area contributed by atoms with E-state index in [-0.39, 0.29) is 5.91 Å². The molecule has 4 heterocycles. The van der Waals surface area contributed by atoms with E-state index in [0.29, 0.717) is 12.6 Å². The second-order valence-electron chi connectivity index (χ2n) is 7.87. The van der Waals surface area contributed by atoms with E-state index in [4.69, 9.17) is 4.74 Å². The average molecular weight is 403 g/mol. The zero-order valence-electron chi connectivity index (χ0n) is 17.2. The molecular formula is C23H25N5O2. The lowest BCUT2D eigenvalue weighted by molar-refractivity contribution is -0.132. The van der Waals surface area contributed by atoms with Gasteiger partial charge in [-0.1, -0.05) is 0 Å². The fourth-order valence-corrected chi connectivity index (χ4v) is 4.26. The van der Waals surface area contributed by atoms with Gasteiger partial charge in [-0.15, -0.1) is 0 Å². The van der Waals surface area contributed by atoms with Crippen LogP contribution in [-0.4, -0.2) is 58.1 Å². The van der Waals surface area contributed by atoms with Gasteiger partial charge in [0.2, 0.25) is 5.91 Å². The van der Waals surface area contributed by atoms with Crippen LogP contribution in [0.3, 0.4) is 0 Å². The van der Waals surface area contributed by atoms with E-state index < -0.39 is 0 Å². The number of hydrogen-bond donors (Lipinski definition) is 2. The summed E-state index contributed by atoms with van der Waals surface area (Å²) in [5, 5.41) is 5.49. The lowest BCUT2D eigenvalue weighted by Gasteiger charge is -2.32. The molecule has 0 spiro atoms. The molecule has 1 amide bonds. The first-order valence-corrected chi connectivity index (χ1v) is 10.2. The maximum Gasteiger partial charge on any atom is 0.242 e. The number of H-pyrrole nitrogens is 1. The summed E-state index contributed by atoms with van der Waals surface area (Å²) in [6.07, 6.45) is 3.83. The number of fused-ring (bicyclic) bond motifs is 2. The molecule has 154 valence electrons. The standard InChI is InChI=1S/C23H25N5O2/c1-15-12-27(9-8-24-15)22(29)14-28-13-19(18-11-17(30-2)5-6-21(18)28)20-10-16-4-3-7-25-23(16)26-20/h3-7,10-11,13,15,24H,8-9,12,14H2,1-2H3,(H,25,26). The third-order valence-corrected chi connectivity index (χ3v) is 5.80. The fourth-order valence-electron chi connectivity index (χ4n) is 4.26. The molecule has 0 radical (unpaired) electrons. The molecule has 3 aromatic heterocycles. The minimum atomic E-state index is 0.140. The molecule has 1 unspecified atom stereocenters. The number of piperazine rings is 1. The van der Waals surface area contributed by atoms with E-state index in [0.717, 1.165) is 58.6 Å². The topological polar surface area (TPSA) is 75.2 Å². The highest BCUT2D eigenvalue weighted by molar-refractivity contribution is 5.99. The summed E-state index contributed by atoms with van der Waals surface area (Å²) in [6, 6.07) is 12.4. The van der Waals surface area contributed by atoms with Crippen molar-refractivity contribution in [1.29, 1.82) is 0 Å². The zero-order valence-corrected chi connectivity index (χ0v) is 17.2. The number of aromatic nitrogens is 3. The van der Waals surface area contributed by atoms with Crippen LogP contribution in [0.2, 0.25) is 0 Å². The number of carbonyl (C=O) groups is 1. The monoisotopic (exact) mass is 403 g/mol. The smallest absolute Gasteiger partial charge is 0.242 e. The molecule has 2 N–H and O–H groups in total. The Morgan fingerprint density at radius 2 is 2.20 bits per heavy atom. The number of amides is 1. The number of nitrogens with one attached hydrogen (secondary N) is 2. The van der Waals surface area contributed by atoms with Crippen LogP contribution in [0.5, 0.6) is 5.75 Å². The second kappa shape index (κ2) is 7.50. The lowest BCUT2D eigenvalue weighted by atomic mass is 10.1. The summed E-state index contributed by atoms with van der Waals surface area (Å²) in [4.78, 5) is 22.8. The molecule has 4 aromatic rings. The SMILES string of the molecule is COc1ccc2c(c1)c(-c1cc3cccnc3[nH]1)cn2CC(=O)N1CCNC(C)C1. The number of benzene rings is 1. The summed E-state index contributed by atoms with van der Waals surface area (Å²) in [5.41, 5.74) is 3.86. The molecule has 7 nitrogen and oxygen atoms in total. The van der Waals surface area contributed by atoms with E-state index in [1.807, 2.05) is 39.8 Å². The van der Waals surface area contributed by atoms with Gasteiger partial charge in [-0.05, 0) is 43.3 Å². The highest BCUT2D eigenvalue weighted by Crippen LogP contribution is 2.34. The first-order valence-electron chi connectivity index (χ1n) is 10.2. The van der Waals surface area contributed by atoms with Crippen molar-refractivity contribution < 1.29 is 9.53 Å². The van der Waals surface area contributed by atoms with Gasteiger partial charge in [-0.25, -0.2) is 4.98 Å². The molecular weight excluding hydrogens is 378 g/mol. The van der Waals surface area contributed by atoms with Crippen molar-refractivity contribution in [2.75, 3.05) is 26.7 Å². The van der Waals surface area contributed by atoms with Gasteiger partial charge in [0.05, 0.1) is 7.11 Å². The van der Waals surface area contributed by atoms with Crippen molar-refractivity contribution in [1.82, 2.24) is 24.8 Å². The normalized spacial score (nSPS) is 17.0. The third kappa shape index (κ3) is 3.31. The van der Waals surface area contributed by atoms with Gasteiger partial charge in [-0.3, -0.25) is 4.79 Å². The molecule has 0 bridgehead atoms. The Balaban J connectivity index is 1.56. The van der Waals surface area contributed by atoms with Gasteiger partial charge in [-0.2, -0.15) is 0 Å². The molecule has 0 aliphatic carbocycles. The quantitative estimate of drug-likeness (QED) is 0.549. The maximum absolute atomic E-state index is 13.0. The molecule has 1 aliphatic heterocycles. The predicted molar refractivity (Wildman–Crippen MR) is 118 cm³/mol. The summed E-state index contributed by atoms with van der Waals surface area (Å²) < 4.78 is 7.50. The Labute approximate surface area is 174 Å². The van der Waals surface area contributed by atoms with E-state index in [1.54, 1.807) is 13.3 Å². The molecule has 1 saturated heterocycles. The van der Waals surface area contributed by atoms with Gasteiger partial charge < -0.3 is 24.5 Å². The van der Waals surface area contributed by atoms with Crippen LogP contribution in [0.15, 0.2) is 48.8 Å². The number of ether oxygens (including phenoxy) is 1. The van der Waals surface area contributed by atoms with Crippen molar-refractivity contribution in [3.63, 3.8) is 0 Å². The largest absolute Gasteiger partial charge is 0.497 e. The van der Waals surface area contributed by atoms with Crippen LogP contribution in [0.25, 0.3) is 33.2 Å². The van der Waals surface area contributed by atoms with E-state index >= 15 is 0 Å². The molecule has 1 aromatic carbocycles. The zero-order chi connectivity index (χ0) is 20.7.